The minimum Gasteiger partial charge on any atom is -0.399 e. The zero-order valence-electron chi connectivity index (χ0n) is 8.74. The van der Waals surface area contributed by atoms with Gasteiger partial charge in [-0.05, 0) is 52.0 Å². The Kier molecular flexibility index (Phi) is 3.85. The molecule has 1 heterocycles. The molecule has 4 heteroatoms. The van der Waals surface area contributed by atoms with Crippen molar-refractivity contribution in [1.29, 1.82) is 0 Å². The molecule has 0 saturated carbocycles. The SMILES string of the molecule is Nc1ccc(NCCc2cccs2)c(Br)c1. The summed E-state index contributed by atoms with van der Waals surface area (Å²) in [5, 5.41) is 5.49. The molecule has 0 unspecified atom stereocenters. The Morgan fingerprint density at radius 1 is 1.31 bits per heavy atom. The molecule has 16 heavy (non-hydrogen) atoms. The summed E-state index contributed by atoms with van der Waals surface area (Å²) in [5.74, 6) is 0. The fraction of sp³-hybridized carbons (Fsp3) is 0.167. The van der Waals surface area contributed by atoms with E-state index < -0.39 is 0 Å². The van der Waals surface area contributed by atoms with E-state index in [-0.39, 0.29) is 0 Å². The summed E-state index contributed by atoms with van der Waals surface area (Å²) in [6.07, 6.45) is 1.05. The quantitative estimate of drug-likeness (QED) is 0.844. The first-order valence-corrected chi connectivity index (χ1v) is 6.74. The number of hydrogen-bond donors (Lipinski definition) is 2. The van der Waals surface area contributed by atoms with Crippen molar-refractivity contribution in [1.82, 2.24) is 0 Å². The summed E-state index contributed by atoms with van der Waals surface area (Å²) in [6.45, 7) is 0.934. The van der Waals surface area contributed by atoms with E-state index in [1.54, 1.807) is 11.3 Å². The lowest BCUT2D eigenvalue weighted by Gasteiger charge is -2.08. The zero-order valence-corrected chi connectivity index (χ0v) is 11.1. The molecule has 2 aromatic rings. The minimum atomic E-state index is 0.774. The van der Waals surface area contributed by atoms with E-state index in [4.69, 9.17) is 5.73 Å². The Balaban J connectivity index is 1.90. The van der Waals surface area contributed by atoms with Gasteiger partial charge >= 0.3 is 0 Å². The highest BCUT2D eigenvalue weighted by atomic mass is 79.9. The standard InChI is InChI=1S/C12H13BrN2S/c13-11-8-9(14)3-4-12(11)15-6-5-10-2-1-7-16-10/h1-4,7-8,15H,5-6,14H2. The monoisotopic (exact) mass is 296 g/mol. The Morgan fingerprint density at radius 3 is 2.88 bits per heavy atom. The number of thiophene rings is 1. The van der Waals surface area contributed by atoms with Gasteiger partial charge in [0.25, 0.3) is 0 Å². The summed E-state index contributed by atoms with van der Waals surface area (Å²) in [7, 11) is 0. The molecule has 1 aromatic heterocycles. The summed E-state index contributed by atoms with van der Waals surface area (Å²) < 4.78 is 1.01. The second-order valence-electron chi connectivity index (χ2n) is 3.50. The van der Waals surface area contributed by atoms with E-state index in [9.17, 15) is 0 Å². The number of benzene rings is 1. The van der Waals surface area contributed by atoms with E-state index in [2.05, 4.69) is 38.8 Å². The molecular formula is C12H13BrN2S. The van der Waals surface area contributed by atoms with Gasteiger partial charge in [-0.25, -0.2) is 0 Å². The van der Waals surface area contributed by atoms with E-state index >= 15 is 0 Å². The van der Waals surface area contributed by atoms with Crippen molar-refractivity contribution in [2.24, 2.45) is 0 Å². The highest BCUT2D eigenvalue weighted by molar-refractivity contribution is 9.10. The van der Waals surface area contributed by atoms with Gasteiger partial charge in [0.2, 0.25) is 0 Å². The first kappa shape index (κ1) is 11.5. The molecule has 0 spiro atoms. The van der Waals surface area contributed by atoms with E-state index in [0.717, 1.165) is 28.8 Å². The van der Waals surface area contributed by atoms with Crippen molar-refractivity contribution in [2.75, 3.05) is 17.6 Å². The Labute approximate surface area is 108 Å². The van der Waals surface area contributed by atoms with Crippen LogP contribution in [-0.2, 0) is 6.42 Å². The van der Waals surface area contributed by atoms with Crippen LogP contribution in [0.3, 0.4) is 0 Å². The van der Waals surface area contributed by atoms with Crippen LogP contribution < -0.4 is 11.1 Å². The first-order valence-electron chi connectivity index (χ1n) is 5.07. The lowest BCUT2D eigenvalue weighted by molar-refractivity contribution is 1.04. The smallest absolute Gasteiger partial charge is 0.0486 e. The van der Waals surface area contributed by atoms with Gasteiger partial charge in [-0.1, -0.05) is 6.07 Å². The van der Waals surface area contributed by atoms with Crippen LogP contribution >= 0.6 is 27.3 Å². The number of nitrogens with two attached hydrogens (primary N) is 1. The summed E-state index contributed by atoms with van der Waals surface area (Å²) >= 11 is 5.28. The maximum atomic E-state index is 5.68. The predicted molar refractivity (Wildman–Crippen MR) is 75.1 cm³/mol. The molecule has 0 fully saturated rings. The molecule has 0 aliphatic heterocycles. The molecule has 3 N–H and O–H groups in total. The first-order chi connectivity index (χ1) is 7.75. The molecule has 0 amide bonds. The molecule has 0 aliphatic carbocycles. The van der Waals surface area contributed by atoms with Crippen LogP contribution in [0.15, 0.2) is 40.2 Å². The Hall–Kier alpha value is -1.00. The summed E-state index contributed by atoms with van der Waals surface area (Å²) in [5.41, 5.74) is 7.54. The van der Waals surface area contributed by atoms with Crippen molar-refractivity contribution in [3.05, 3.63) is 45.1 Å². The van der Waals surface area contributed by atoms with Gasteiger partial charge in [0, 0.05) is 27.3 Å². The normalized spacial score (nSPS) is 10.3. The Bertz CT molecular complexity index is 454. The van der Waals surface area contributed by atoms with Crippen LogP contribution in [0.25, 0.3) is 0 Å². The molecule has 0 saturated heterocycles. The lowest BCUT2D eigenvalue weighted by atomic mass is 10.2. The third kappa shape index (κ3) is 3.00. The van der Waals surface area contributed by atoms with E-state index in [1.807, 2.05) is 18.2 Å². The summed E-state index contributed by atoms with van der Waals surface area (Å²) in [4.78, 5) is 1.40. The average molecular weight is 297 g/mol. The Morgan fingerprint density at radius 2 is 2.19 bits per heavy atom. The van der Waals surface area contributed by atoms with Crippen molar-refractivity contribution >= 4 is 38.6 Å². The maximum absolute atomic E-state index is 5.68. The minimum absolute atomic E-state index is 0.774. The number of rotatable bonds is 4. The number of nitrogens with one attached hydrogen (secondary N) is 1. The molecule has 0 aliphatic rings. The van der Waals surface area contributed by atoms with E-state index in [1.165, 1.54) is 4.88 Å². The molecule has 2 nitrogen and oxygen atoms in total. The van der Waals surface area contributed by atoms with Gasteiger partial charge in [0.1, 0.15) is 0 Å². The van der Waals surface area contributed by atoms with Crippen LogP contribution in [-0.4, -0.2) is 6.54 Å². The number of nitrogen functional groups attached to an aromatic ring is 1. The molecule has 1 aromatic carbocycles. The van der Waals surface area contributed by atoms with Gasteiger partial charge in [-0.3, -0.25) is 0 Å². The van der Waals surface area contributed by atoms with Crippen LogP contribution in [0.4, 0.5) is 11.4 Å². The topological polar surface area (TPSA) is 38.0 Å². The van der Waals surface area contributed by atoms with E-state index in [0.29, 0.717) is 0 Å². The second kappa shape index (κ2) is 5.37. The fourth-order valence-electron chi connectivity index (χ4n) is 1.45. The maximum Gasteiger partial charge on any atom is 0.0486 e. The van der Waals surface area contributed by atoms with Crippen molar-refractivity contribution < 1.29 is 0 Å². The van der Waals surface area contributed by atoms with Crippen molar-refractivity contribution in [3.8, 4) is 0 Å². The molecule has 0 bridgehead atoms. The third-order valence-electron chi connectivity index (χ3n) is 2.26. The zero-order chi connectivity index (χ0) is 11.4. The van der Waals surface area contributed by atoms with Gasteiger partial charge in [0.15, 0.2) is 0 Å². The van der Waals surface area contributed by atoms with Gasteiger partial charge in [0.05, 0.1) is 0 Å². The van der Waals surface area contributed by atoms with Crippen molar-refractivity contribution in [2.45, 2.75) is 6.42 Å². The molecule has 84 valence electrons. The highest BCUT2D eigenvalue weighted by Crippen LogP contribution is 2.24. The fourth-order valence-corrected chi connectivity index (χ4v) is 2.70. The molecule has 2 rings (SSSR count). The van der Waals surface area contributed by atoms with Crippen LogP contribution in [0.1, 0.15) is 4.88 Å². The number of anilines is 2. The predicted octanol–water partition coefficient (Wildman–Crippen LogP) is 3.75. The molecular weight excluding hydrogens is 284 g/mol. The molecule has 0 radical (unpaired) electrons. The third-order valence-corrected chi connectivity index (χ3v) is 3.85. The lowest BCUT2D eigenvalue weighted by Crippen LogP contribution is -2.04. The molecule has 0 atom stereocenters. The number of hydrogen-bond acceptors (Lipinski definition) is 3. The van der Waals surface area contributed by atoms with Crippen molar-refractivity contribution in [3.63, 3.8) is 0 Å². The second-order valence-corrected chi connectivity index (χ2v) is 5.38. The highest BCUT2D eigenvalue weighted by Gasteiger charge is 1.99. The van der Waals surface area contributed by atoms with Crippen LogP contribution in [0.2, 0.25) is 0 Å². The number of halogens is 1. The van der Waals surface area contributed by atoms with Crippen LogP contribution in [0, 0.1) is 0 Å². The average Bonchev–Trinajstić information content (AvgIpc) is 2.74. The van der Waals surface area contributed by atoms with Gasteiger partial charge < -0.3 is 11.1 Å². The largest absolute Gasteiger partial charge is 0.399 e. The van der Waals surface area contributed by atoms with Crippen LogP contribution in [0.5, 0.6) is 0 Å². The summed E-state index contributed by atoms with van der Waals surface area (Å²) in [6, 6.07) is 10.0. The van der Waals surface area contributed by atoms with Gasteiger partial charge in [-0.15, -0.1) is 11.3 Å². The van der Waals surface area contributed by atoms with Gasteiger partial charge in [-0.2, -0.15) is 0 Å².